The Bertz CT molecular complexity index is 830. The zero-order chi connectivity index (χ0) is 20.2. The molecule has 0 amide bonds. The van der Waals surface area contributed by atoms with Gasteiger partial charge in [-0.25, -0.2) is 9.97 Å². The summed E-state index contributed by atoms with van der Waals surface area (Å²) in [5.41, 5.74) is 1.34. The molecule has 2 aliphatic rings. The van der Waals surface area contributed by atoms with E-state index in [1.807, 2.05) is 11.0 Å². The second-order valence-electron chi connectivity index (χ2n) is 8.04. The molecule has 2 saturated heterocycles. The molecule has 0 N–H and O–H groups in total. The standard InChI is InChI=1S/C21H28N6O2/c1-17-7-9-25(10-8-17)20-19(27(28)29)21(23-16-22-20)26-13-11-24(12-14-26)15-18-5-3-2-4-6-18/h2-6,16-17H,7-15H2,1H3. The van der Waals surface area contributed by atoms with Crippen LogP contribution >= 0.6 is 0 Å². The van der Waals surface area contributed by atoms with Crippen molar-refractivity contribution in [1.29, 1.82) is 0 Å². The molecule has 4 rings (SSSR count). The minimum Gasteiger partial charge on any atom is -0.351 e. The van der Waals surface area contributed by atoms with Gasteiger partial charge < -0.3 is 9.80 Å². The van der Waals surface area contributed by atoms with E-state index >= 15 is 0 Å². The van der Waals surface area contributed by atoms with Crippen molar-refractivity contribution < 1.29 is 4.92 Å². The first-order chi connectivity index (χ1) is 14.1. The highest BCUT2D eigenvalue weighted by Crippen LogP contribution is 2.36. The largest absolute Gasteiger partial charge is 0.353 e. The molecule has 2 aromatic rings. The van der Waals surface area contributed by atoms with Gasteiger partial charge in [0.25, 0.3) is 0 Å². The third kappa shape index (κ3) is 4.48. The smallest absolute Gasteiger partial charge is 0.351 e. The molecule has 8 nitrogen and oxygen atoms in total. The quantitative estimate of drug-likeness (QED) is 0.568. The lowest BCUT2D eigenvalue weighted by molar-refractivity contribution is -0.383. The van der Waals surface area contributed by atoms with Gasteiger partial charge >= 0.3 is 5.69 Å². The molecule has 0 atom stereocenters. The number of hydrogen-bond donors (Lipinski definition) is 0. The van der Waals surface area contributed by atoms with E-state index in [0.717, 1.165) is 58.7 Å². The Hall–Kier alpha value is -2.74. The summed E-state index contributed by atoms with van der Waals surface area (Å²) in [5.74, 6) is 1.58. The number of nitrogens with zero attached hydrogens (tertiary/aromatic N) is 6. The van der Waals surface area contributed by atoms with Crippen molar-refractivity contribution >= 4 is 17.3 Å². The van der Waals surface area contributed by atoms with Gasteiger partial charge in [0.05, 0.1) is 4.92 Å². The van der Waals surface area contributed by atoms with Crippen LogP contribution in [-0.4, -0.2) is 59.1 Å². The van der Waals surface area contributed by atoms with E-state index in [-0.39, 0.29) is 10.6 Å². The highest BCUT2D eigenvalue weighted by atomic mass is 16.6. The maximum atomic E-state index is 12.0. The molecule has 0 bridgehead atoms. The lowest BCUT2D eigenvalue weighted by Gasteiger charge is -2.36. The first kappa shape index (κ1) is 19.6. The van der Waals surface area contributed by atoms with E-state index in [1.54, 1.807) is 0 Å². The number of benzene rings is 1. The Morgan fingerprint density at radius 2 is 1.55 bits per heavy atom. The fraction of sp³-hybridized carbons (Fsp3) is 0.524. The van der Waals surface area contributed by atoms with E-state index in [2.05, 4.69) is 51.0 Å². The SMILES string of the molecule is CC1CCN(c2ncnc(N3CCN(Cc4ccccc4)CC3)c2[N+](=O)[O-])CC1. The van der Waals surface area contributed by atoms with Crippen LogP contribution in [0.3, 0.4) is 0 Å². The molecule has 2 aliphatic heterocycles. The summed E-state index contributed by atoms with van der Waals surface area (Å²) < 4.78 is 0. The second-order valence-corrected chi connectivity index (χ2v) is 8.04. The van der Waals surface area contributed by atoms with Crippen molar-refractivity contribution in [1.82, 2.24) is 14.9 Å². The molecule has 0 unspecified atom stereocenters. The molecule has 0 aliphatic carbocycles. The highest BCUT2D eigenvalue weighted by Gasteiger charge is 2.32. The Morgan fingerprint density at radius 1 is 0.966 bits per heavy atom. The molecule has 1 aromatic carbocycles. The van der Waals surface area contributed by atoms with Gasteiger partial charge in [0.1, 0.15) is 6.33 Å². The Labute approximate surface area is 171 Å². The van der Waals surface area contributed by atoms with E-state index in [9.17, 15) is 10.1 Å². The predicted molar refractivity (Wildman–Crippen MR) is 113 cm³/mol. The molecule has 0 spiro atoms. The molecule has 3 heterocycles. The number of piperidine rings is 1. The molecule has 0 radical (unpaired) electrons. The minimum atomic E-state index is -0.307. The van der Waals surface area contributed by atoms with Crippen LogP contribution in [0.5, 0.6) is 0 Å². The zero-order valence-electron chi connectivity index (χ0n) is 16.9. The highest BCUT2D eigenvalue weighted by molar-refractivity contribution is 5.71. The molecule has 154 valence electrons. The van der Waals surface area contributed by atoms with Crippen LogP contribution in [0.25, 0.3) is 0 Å². The monoisotopic (exact) mass is 396 g/mol. The molecule has 29 heavy (non-hydrogen) atoms. The van der Waals surface area contributed by atoms with Gasteiger partial charge in [0.15, 0.2) is 0 Å². The van der Waals surface area contributed by atoms with Gasteiger partial charge in [-0.3, -0.25) is 15.0 Å². The predicted octanol–water partition coefficient (Wildman–Crippen LogP) is 2.94. The summed E-state index contributed by atoms with van der Waals surface area (Å²) in [7, 11) is 0. The minimum absolute atomic E-state index is 0.0542. The van der Waals surface area contributed by atoms with E-state index in [1.165, 1.54) is 11.9 Å². The fourth-order valence-corrected chi connectivity index (χ4v) is 4.17. The van der Waals surface area contributed by atoms with Crippen molar-refractivity contribution in [2.24, 2.45) is 5.92 Å². The summed E-state index contributed by atoms with van der Waals surface area (Å²) in [4.78, 5) is 26.8. The lowest BCUT2D eigenvalue weighted by Crippen LogP contribution is -2.46. The normalized spacial score (nSPS) is 18.8. The molecule has 0 saturated carbocycles. The number of piperazine rings is 1. The van der Waals surface area contributed by atoms with Gasteiger partial charge in [0, 0.05) is 45.8 Å². The van der Waals surface area contributed by atoms with Gasteiger partial charge in [-0.05, 0) is 24.3 Å². The first-order valence-corrected chi connectivity index (χ1v) is 10.4. The van der Waals surface area contributed by atoms with E-state index in [4.69, 9.17) is 0 Å². The fourth-order valence-electron chi connectivity index (χ4n) is 4.17. The summed E-state index contributed by atoms with van der Waals surface area (Å²) in [6, 6.07) is 10.4. The number of nitro groups is 1. The summed E-state index contributed by atoms with van der Waals surface area (Å²) in [6.07, 6.45) is 3.55. The van der Waals surface area contributed by atoms with Gasteiger partial charge in [0.2, 0.25) is 11.6 Å². The number of anilines is 2. The van der Waals surface area contributed by atoms with Crippen molar-refractivity contribution in [3.8, 4) is 0 Å². The van der Waals surface area contributed by atoms with Crippen LogP contribution in [0.15, 0.2) is 36.7 Å². The van der Waals surface area contributed by atoms with Crippen molar-refractivity contribution in [2.45, 2.75) is 26.3 Å². The molecular weight excluding hydrogens is 368 g/mol. The number of aromatic nitrogens is 2. The third-order valence-electron chi connectivity index (χ3n) is 5.97. The molecular formula is C21H28N6O2. The number of hydrogen-bond acceptors (Lipinski definition) is 7. The number of rotatable bonds is 5. The Balaban J connectivity index is 1.48. The maximum Gasteiger partial charge on any atom is 0.353 e. The van der Waals surface area contributed by atoms with Crippen molar-refractivity contribution in [2.75, 3.05) is 49.1 Å². The maximum absolute atomic E-state index is 12.0. The van der Waals surface area contributed by atoms with Crippen LogP contribution in [0.4, 0.5) is 17.3 Å². The van der Waals surface area contributed by atoms with Crippen LogP contribution in [0, 0.1) is 16.0 Å². The second kappa shape index (κ2) is 8.73. The third-order valence-corrected chi connectivity index (χ3v) is 5.97. The van der Waals surface area contributed by atoms with Gasteiger partial charge in [-0.2, -0.15) is 0 Å². The summed E-state index contributed by atoms with van der Waals surface area (Å²) >= 11 is 0. The van der Waals surface area contributed by atoms with Crippen LogP contribution in [-0.2, 0) is 6.54 Å². The Morgan fingerprint density at radius 3 is 2.14 bits per heavy atom. The van der Waals surface area contributed by atoms with Crippen LogP contribution < -0.4 is 9.80 Å². The molecule has 2 fully saturated rings. The molecule has 8 heteroatoms. The zero-order valence-corrected chi connectivity index (χ0v) is 16.9. The van der Waals surface area contributed by atoms with Crippen LogP contribution in [0.1, 0.15) is 25.3 Å². The average Bonchev–Trinajstić information content (AvgIpc) is 2.75. The average molecular weight is 396 g/mol. The van der Waals surface area contributed by atoms with E-state index < -0.39 is 0 Å². The van der Waals surface area contributed by atoms with Crippen LogP contribution in [0.2, 0.25) is 0 Å². The topological polar surface area (TPSA) is 78.6 Å². The lowest BCUT2D eigenvalue weighted by atomic mass is 9.99. The van der Waals surface area contributed by atoms with E-state index in [0.29, 0.717) is 17.6 Å². The Kier molecular flexibility index (Phi) is 5.89. The van der Waals surface area contributed by atoms with Crippen molar-refractivity contribution in [3.63, 3.8) is 0 Å². The van der Waals surface area contributed by atoms with Gasteiger partial charge in [-0.1, -0.05) is 37.3 Å². The van der Waals surface area contributed by atoms with Crippen molar-refractivity contribution in [3.05, 3.63) is 52.3 Å². The first-order valence-electron chi connectivity index (χ1n) is 10.4. The molecule has 1 aromatic heterocycles. The van der Waals surface area contributed by atoms with Gasteiger partial charge in [-0.15, -0.1) is 0 Å². The summed E-state index contributed by atoms with van der Waals surface area (Å²) in [6.45, 7) is 7.90. The summed E-state index contributed by atoms with van der Waals surface area (Å²) in [5, 5.41) is 12.0.